The lowest BCUT2D eigenvalue weighted by atomic mass is 9.64. The fourth-order valence-corrected chi connectivity index (χ4v) is 5.46. The van der Waals surface area contributed by atoms with Crippen LogP contribution in [-0.4, -0.2) is 34.2 Å². The molecule has 0 amide bonds. The van der Waals surface area contributed by atoms with Gasteiger partial charge in [-0.3, -0.25) is 15.1 Å². The minimum Gasteiger partial charge on any atom is -0.458 e. The van der Waals surface area contributed by atoms with E-state index < -0.39 is 34.6 Å². The molecule has 6 atom stereocenters. The minimum atomic E-state index is -1.40. The van der Waals surface area contributed by atoms with Gasteiger partial charge in [-0.25, -0.2) is 9.18 Å². The van der Waals surface area contributed by atoms with Gasteiger partial charge >= 0.3 is 5.97 Å². The molecule has 29 heavy (non-hydrogen) atoms. The monoisotopic (exact) mass is 399 g/mol. The number of hydrogen-bond donors (Lipinski definition) is 2. The molecule has 6 nitrogen and oxygen atoms in total. The summed E-state index contributed by atoms with van der Waals surface area (Å²) in [6.07, 6.45) is 4.94. The molecule has 0 radical (unpaired) electrons. The van der Waals surface area contributed by atoms with Crippen LogP contribution < -0.4 is 5.48 Å². The lowest BCUT2D eigenvalue weighted by Crippen LogP contribution is -2.57. The number of aliphatic hydroxyl groups is 1. The Morgan fingerprint density at radius 3 is 2.66 bits per heavy atom. The Kier molecular flexibility index (Phi) is 3.68. The maximum Gasteiger partial charge on any atom is 0.346 e. The molecule has 2 heterocycles. The highest BCUT2D eigenvalue weighted by Gasteiger charge is 2.72. The highest BCUT2D eigenvalue weighted by Crippen LogP contribution is 2.59. The van der Waals surface area contributed by atoms with E-state index in [0.29, 0.717) is 24.1 Å². The van der Waals surface area contributed by atoms with Crippen molar-refractivity contribution in [3.8, 4) is 0 Å². The van der Waals surface area contributed by atoms with E-state index in [0.717, 1.165) is 0 Å². The van der Waals surface area contributed by atoms with Crippen LogP contribution in [0.4, 0.5) is 4.39 Å². The van der Waals surface area contributed by atoms with Crippen LogP contribution in [0.25, 0.3) is 5.70 Å². The largest absolute Gasteiger partial charge is 0.458 e. The number of rotatable bonds is 1. The summed E-state index contributed by atoms with van der Waals surface area (Å²) in [6.45, 7) is 3.58. The summed E-state index contributed by atoms with van der Waals surface area (Å²) in [6, 6.07) is 5.84. The zero-order chi connectivity index (χ0) is 20.6. The second-order valence-corrected chi connectivity index (χ2v) is 8.70. The molecule has 2 aliphatic carbocycles. The number of esters is 1. The van der Waals surface area contributed by atoms with Crippen LogP contribution in [0.2, 0.25) is 0 Å². The summed E-state index contributed by atoms with van der Waals surface area (Å²) < 4.78 is 19.0. The molecule has 5 rings (SSSR count). The Morgan fingerprint density at radius 2 is 1.93 bits per heavy atom. The van der Waals surface area contributed by atoms with Crippen molar-refractivity contribution in [3.05, 3.63) is 53.9 Å². The lowest BCUT2D eigenvalue weighted by molar-refractivity contribution is -0.169. The van der Waals surface area contributed by atoms with Gasteiger partial charge in [0, 0.05) is 5.92 Å². The topological polar surface area (TPSA) is 84.9 Å². The fraction of sp³-hybridized carbons (Fsp3) is 0.455. The van der Waals surface area contributed by atoms with Gasteiger partial charge < -0.3 is 9.84 Å². The van der Waals surface area contributed by atoms with Crippen molar-refractivity contribution >= 4 is 17.4 Å². The van der Waals surface area contributed by atoms with Crippen LogP contribution in [0, 0.1) is 23.1 Å². The van der Waals surface area contributed by atoms with Crippen molar-refractivity contribution in [3.63, 3.8) is 0 Å². The summed E-state index contributed by atoms with van der Waals surface area (Å²) in [5, 5.41) is 11.4. The molecule has 2 N–H and O–H groups in total. The predicted octanol–water partition coefficient (Wildman–Crippen LogP) is 2.29. The molecule has 1 saturated carbocycles. The Balaban J connectivity index is 1.59. The molecule has 1 aromatic carbocycles. The predicted molar refractivity (Wildman–Crippen MR) is 100 cm³/mol. The first-order valence-electron chi connectivity index (χ1n) is 9.82. The summed E-state index contributed by atoms with van der Waals surface area (Å²) in [5.74, 6) is -1.84. The van der Waals surface area contributed by atoms with E-state index >= 15 is 0 Å². The average molecular weight is 399 g/mol. The SMILES string of the molecule is C[C@H]1CC[C@@H]2[C@@H](OC(=O)C23C=C(c2ccc(F)cc2)NO3)[C@]2(C)C(=O)C=C[C@@]12O. The van der Waals surface area contributed by atoms with Gasteiger partial charge in [-0.2, -0.15) is 0 Å². The van der Waals surface area contributed by atoms with Crippen molar-refractivity contribution in [2.75, 3.05) is 0 Å². The Bertz CT molecular complexity index is 972. The van der Waals surface area contributed by atoms with Crippen molar-refractivity contribution < 1.29 is 28.7 Å². The van der Waals surface area contributed by atoms with Gasteiger partial charge in [-0.05, 0) is 73.7 Å². The highest BCUT2D eigenvalue weighted by atomic mass is 19.1. The van der Waals surface area contributed by atoms with Crippen molar-refractivity contribution in [1.29, 1.82) is 0 Å². The molecule has 1 unspecified atom stereocenters. The normalized spacial score (nSPS) is 42.9. The van der Waals surface area contributed by atoms with E-state index in [4.69, 9.17) is 9.57 Å². The van der Waals surface area contributed by atoms with Crippen molar-refractivity contribution in [2.45, 2.75) is 44.0 Å². The molecule has 0 aromatic heterocycles. The van der Waals surface area contributed by atoms with E-state index in [-0.39, 0.29) is 17.5 Å². The molecule has 1 saturated heterocycles. The highest BCUT2D eigenvalue weighted by molar-refractivity contribution is 6.01. The smallest absolute Gasteiger partial charge is 0.346 e. The van der Waals surface area contributed by atoms with Crippen LogP contribution >= 0.6 is 0 Å². The van der Waals surface area contributed by atoms with E-state index in [1.54, 1.807) is 31.2 Å². The van der Waals surface area contributed by atoms with Gasteiger partial charge in [0.15, 0.2) is 5.78 Å². The van der Waals surface area contributed by atoms with Crippen LogP contribution in [0.5, 0.6) is 0 Å². The first kappa shape index (κ1) is 18.5. The number of ketones is 1. The number of allylic oxidation sites excluding steroid dienone is 1. The quantitative estimate of drug-likeness (QED) is 0.705. The molecule has 7 heteroatoms. The van der Waals surface area contributed by atoms with Crippen LogP contribution in [0.1, 0.15) is 32.3 Å². The number of carbonyl (C=O) groups excluding carboxylic acids is 2. The minimum absolute atomic E-state index is 0.188. The summed E-state index contributed by atoms with van der Waals surface area (Å²) in [4.78, 5) is 31.7. The number of hydrogen-bond acceptors (Lipinski definition) is 6. The standard InChI is InChI=1S/C22H22FNO5/c1-12-3-8-15-18(20(2)17(25)9-10-22(12,20)27)28-19(26)21(15)11-16(24-29-21)13-4-6-14(23)7-5-13/h4-7,9-12,15,18,24,27H,3,8H2,1-2H3/t12-,15+,18+,20-,21?,22+/m0/s1. The third-order valence-corrected chi connectivity index (χ3v) is 7.38. The molecular formula is C22H22FNO5. The summed E-state index contributed by atoms with van der Waals surface area (Å²) in [7, 11) is 0. The molecular weight excluding hydrogens is 377 g/mol. The van der Waals surface area contributed by atoms with Crippen LogP contribution in [0.15, 0.2) is 42.5 Å². The molecule has 2 fully saturated rings. The maximum absolute atomic E-state index is 13.3. The van der Waals surface area contributed by atoms with Gasteiger partial charge in [0.1, 0.15) is 17.5 Å². The van der Waals surface area contributed by atoms with Gasteiger partial charge in [-0.15, -0.1) is 0 Å². The zero-order valence-corrected chi connectivity index (χ0v) is 16.1. The molecule has 1 spiro atoms. The summed E-state index contributed by atoms with van der Waals surface area (Å²) in [5.41, 5.74) is -0.0616. The number of ether oxygens (including phenoxy) is 1. The van der Waals surface area contributed by atoms with Crippen molar-refractivity contribution in [1.82, 2.24) is 5.48 Å². The molecule has 152 valence electrons. The number of fused-ring (bicyclic) bond motifs is 4. The fourth-order valence-electron chi connectivity index (χ4n) is 5.46. The van der Waals surface area contributed by atoms with E-state index in [9.17, 15) is 19.1 Å². The number of carbonyl (C=O) groups is 2. The maximum atomic E-state index is 13.3. The third-order valence-electron chi connectivity index (χ3n) is 7.38. The first-order chi connectivity index (χ1) is 13.7. The van der Waals surface area contributed by atoms with E-state index in [1.165, 1.54) is 18.2 Å². The van der Waals surface area contributed by atoms with E-state index in [2.05, 4.69) is 5.48 Å². The number of benzene rings is 1. The molecule has 2 aliphatic heterocycles. The second-order valence-electron chi connectivity index (χ2n) is 8.70. The van der Waals surface area contributed by atoms with Gasteiger partial charge in [-0.1, -0.05) is 6.92 Å². The molecule has 0 bridgehead atoms. The Hall–Kier alpha value is -2.51. The first-order valence-corrected chi connectivity index (χ1v) is 9.82. The molecule has 1 aromatic rings. The second kappa shape index (κ2) is 5.77. The van der Waals surface area contributed by atoms with Crippen molar-refractivity contribution in [2.24, 2.45) is 17.3 Å². The molecule has 4 aliphatic rings. The van der Waals surface area contributed by atoms with E-state index in [1.807, 2.05) is 6.92 Å². The van der Waals surface area contributed by atoms with Gasteiger partial charge in [0.25, 0.3) is 0 Å². The van der Waals surface area contributed by atoms with Gasteiger partial charge in [0.2, 0.25) is 5.60 Å². The number of hydroxylamine groups is 1. The lowest BCUT2D eigenvalue weighted by Gasteiger charge is -2.43. The summed E-state index contributed by atoms with van der Waals surface area (Å²) >= 11 is 0. The zero-order valence-electron chi connectivity index (χ0n) is 16.1. The Labute approximate surface area is 167 Å². The van der Waals surface area contributed by atoms with Crippen LogP contribution in [-0.2, 0) is 19.2 Å². The van der Waals surface area contributed by atoms with Crippen LogP contribution in [0.3, 0.4) is 0 Å². The van der Waals surface area contributed by atoms with Gasteiger partial charge in [0.05, 0.1) is 11.1 Å². The third kappa shape index (κ3) is 2.17. The number of halogens is 1. The average Bonchev–Trinajstić information content (AvgIpc) is 3.32. The Morgan fingerprint density at radius 1 is 1.21 bits per heavy atom. The number of nitrogens with one attached hydrogen (secondary N) is 1.